The van der Waals surface area contributed by atoms with Crippen molar-refractivity contribution in [3.05, 3.63) is 95.1 Å². The second-order valence-electron chi connectivity index (χ2n) is 7.88. The average Bonchev–Trinajstić information content (AvgIpc) is 3.11. The van der Waals surface area contributed by atoms with Crippen LogP contribution in [0.2, 0.25) is 0 Å². The van der Waals surface area contributed by atoms with Crippen LogP contribution < -0.4 is 0 Å². The molecule has 1 atom stereocenters. The zero-order chi connectivity index (χ0) is 21.0. The Labute approximate surface area is 170 Å². The van der Waals surface area contributed by atoms with E-state index >= 15 is 0 Å². The number of aromatic nitrogens is 1. The first kappa shape index (κ1) is 21.2. The molecule has 0 fully saturated rings. The van der Waals surface area contributed by atoms with Crippen LogP contribution in [-0.4, -0.2) is 15.5 Å². The first-order valence-corrected chi connectivity index (χ1v) is 9.90. The van der Waals surface area contributed by atoms with Gasteiger partial charge in [-0.25, -0.2) is 13.2 Å². The molecule has 0 aliphatic carbocycles. The molecule has 0 aliphatic rings. The van der Waals surface area contributed by atoms with E-state index in [1.54, 1.807) is 12.1 Å². The molecule has 2 aromatic carbocycles. The maximum absolute atomic E-state index is 14.3. The predicted molar refractivity (Wildman–Crippen MR) is 110 cm³/mol. The molecule has 0 N–H and O–H groups in total. The van der Waals surface area contributed by atoms with Gasteiger partial charge in [0.1, 0.15) is 17.5 Å². The Morgan fingerprint density at radius 3 is 2.21 bits per heavy atom. The molecule has 0 saturated carbocycles. The fourth-order valence-corrected chi connectivity index (χ4v) is 3.38. The lowest BCUT2D eigenvalue weighted by molar-refractivity contribution is 0.146. The van der Waals surface area contributed by atoms with Crippen molar-refractivity contribution in [3.8, 4) is 0 Å². The molecule has 1 heterocycles. The van der Waals surface area contributed by atoms with E-state index < -0.39 is 11.6 Å². The largest absolute Gasteiger partial charge is 0.346 e. The summed E-state index contributed by atoms with van der Waals surface area (Å²) in [6.45, 7) is 8.06. The van der Waals surface area contributed by atoms with E-state index in [0.717, 1.165) is 17.3 Å². The minimum atomic E-state index is -0.567. The summed E-state index contributed by atoms with van der Waals surface area (Å²) in [4.78, 5) is 2.21. The summed E-state index contributed by atoms with van der Waals surface area (Å²) < 4.78 is 42.8. The number of rotatable bonds is 8. The van der Waals surface area contributed by atoms with Gasteiger partial charge in [-0.15, -0.1) is 0 Å². The Morgan fingerprint density at radius 2 is 1.55 bits per heavy atom. The lowest BCUT2D eigenvalue weighted by Crippen LogP contribution is -2.36. The van der Waals surface area contributed by atoms with Gasteiger partial charge in [0.25, 0.3) is 0 Å². The molecule has 0 saturated heterocycles. The predicted octanol–water partition coefficient (Wildman–Crippen LogP) is 6.00. The van der Waals surface area contributed by atoms with Crippen LogP contribution in [0.1, 0.15) is 37.6 Å². The normalized spacial score (nSPS) is 12.7. The third-order valence-corrected chi connectivity index (χ3v) is 5.48. The Bertz CT molecular complexity index is 932. The number of hydrogen-bond acceptors (Lipinski definition) is 1. The van der Waals surface area contributed by atoms with E-state index in [-0.39, 0.29) is 11.9 Å². The average molecular weight is 400 g/mol. The van der Waals surface area contributed by atoms with Crippen molar-refractivity contribution in [2.45, 2.75) is 46.4 Å². The van der Waals surface area contributed by atoms with Gasteiger partial charge in [-0.05, 0) is 48.7 Å². The van der Waals surface area contributed by atoms with Gasteiger partial charge in [0.05, 0.1) is 0 Å². The van der Waals surface area contributed by atoms with Crippen LogP contribution in [0.3, 0.4) is 0 Å². The molecule has 0 radical (unpaired) electrons. The summed E-state index contributed by atoms with van der Waals surface area (Å²) in [5, 5.41) is 0. The highest BCUT2D eigenvalue weighted by atomic mass is 19.1. The van der Waals surface area contributed by atoms with Crippen molar-refractivity contribution in [2.75, 3.05) is 0 Å². The maximum Gasteiger partial charge on any atom is 0.130 e. The lowest BCUT2D eigenvalue weighted by Gasteiger charge is -2.32. The highest BCUT2D eigenvalue weighted by Crippen LogP contribution is 2.21. The van der Waals surface area contributed by atoms with Crippen LogP contribution >= 0.6 is 0 Å². The van der Waals surface area contributed by atoms with E-state index in [9.17, 15) is 13.2 Å². The van der Waals surface area contributed by atoms with Gasteiger partial charge in [-0.3, -0.25) is 4.90 Å². The molecule has 2 nitrogen and oxygen atoms in total. The second-order valence-corrected chi connectivity index (χ2v) is 7.88. The summed E-state index contributed by atoms with van der Waals surface area (Å²) in [7, 11) is 0. The molecule has 5 heteroatoms. The molecule has 1 aromatic heterocycles. The molecular formula is C24H27F3N2. The molecule has 29 heavy (non-hydrogen) atoms. The van der Waals surface area contributed by atoms with Crippen molar-refractivity contribution in [1.82, 2.24) is 9.47 Å². The van der Waals surface area contributed by atoms with Crippen molar-refractivity contribution < 1.29 is 13.2 Å². The number of hydrogen-bond donors (Lipinski definition) is 0. The van der Waals surface area contributed by atoms with Gasteiger partial charge < -0.3 is 4.57 Å². The van der Waals surface area contributed by atoms with E-state index in [2.05, 4.69) is 30.2 Å². The standard InChI is InChI=1S/C24H27F3N2/c1-17(2)18(3)29(15-20-8-11-22(26)13-24(20)27)16-23-5-4-12-28(23)14-19-6-9-21(25)10-7-19/h4-13,17-18H,14-16H2,1-3H3/t18-/m1/s1. The molecular weight excluding hydrogens is 373 g/mol. The first-order valence-electron chi connectivity index (χ1n) is 9.90. The van der Waals surface area contributed by atoms with Crippen LogP contribution in [0, 0.1) is 23.4 Å². The SMILES string of the molecule is CC(C)[C@@H](C)N(Cc1ccc(F)cc1F)Cc1cccn1Cc1ccc(F)cc1. The molecule has 0 spiro atoms. The summed E-state index contributed by atoms with van der Waals surface area (Å²) in [6, 6.07) is 14.5. The van der Waals surface area contributed by atoms with Gasteiger partial charge in [0.2, 0.25) is 0 Å². The topological polar surface area (TPSA) is 8.17 Å². The van der Waals surface area contributed by atoms with Crippen molar-refractivity contribution in [1.29, 1.82) is 0 Å². The number of halogens is 3. The van der Waals surface area contributed by atoms with Crippen molar-refractivity contribution in [2.24, 2.45) is 5.92 Å². The van der Waals surface area contributed by atoms with Crippen LogP contribution in [0.25, 0.3) is 0 Å². The van der Waals surface area contributed by atoms with Crippen LogP contribution in [0.15, 0.2) is 60.8 Å². The Hall–Kier alpha value is -2.53. The minimum absolute atomic E-state index is 0.202. The molecule has 3 aromatic rings. The highest BCUT2D eigenvalue weighted by molar-refractivity contribution is 5.20. The summed E-state index contributed by atoms with van der Waals surface area (Å²) in [6.07, 6.45) is 2.00. The van der Waals surface area contributed by atoms with Crippen molar-refractivity contribution >= 4 is 0 Å². The monoisotopic (exact) mass is 400 g/mol. The molecule has 3 rings (SSSR count). The van der Waals surface area contributed by atoms with E-state index in [1.165, 1.54) is 24.3 Å². The maximum atomic E-state index is 14.3. The summed E-state index contributed by atoms with van der Waals surface area (Å²) in [5.41, 5.74) is 2.58. The Balaban J connectivity index is 1.81. The zero-order valence-electron chi connectivity index (χ0n) is 17.1. The van der Waals surface area contributed by atoms with Gasteiger partial charge in [-0.1, -0.05) is 32.0 Å². The minimum Gasteiger partial charge on any atom is -0.346 e. The Kier molecular flexibility index (Phi) is 6.80. The van der Waals surface area contributed by atoms with Crippen LogP contribution in [-0.2, 0) is 19.6 Å². The first-order chi connectivity index (χ1) is 13.8. The van der Waals surface area contributed by atoms with Gasteiger partial charge in [-0.2, -0.15) is 0 Å². The fraction of sp³-hybridized carbons (Fsp3) is 0.333. The van der Waals surface area contributed by atoms with Crippen LogP contribution in [0.4, 0.5) is 13.2 Å². The van der Waals surface area contributed by atoms with Crippen molar-refractivity contribution in [3.63, 3.8) is 0 Å². The molecule has 0 unspecified atom stereocenters. The van der Waals surface area contributed by atoms with Gasteiger partial charge in [0.15, 0.2) is 0 Å². The third kappa shape index (κ3) is 5.51. The number of nitrogens with zero attached hydrogens (tertiary/aromatic N) is 2. The van der Waals surface area contributed by atoms with E-state index in [4.69, 9.17) is 0 Å². The second kappa shape index (κ2) is 9.31. The molecule has 0 bridgehead atoms. The van der Waals surface area contributed by atoms with Crippen LogP contribution in [0.5, 0.6) is 0 Å². The van der Waals surface area contributed by atoms with Gasteiger partial charge >= 0.3 is 0 Å². The van der Waals surface area contributed by atoms with Gasteiger partial charge in [0, 0.05) is 49.2 Å². The molecule has 0 amide bonds. The lowest BCUT2D eigenvalue weighted by atomic mass is 10.0. The number of benzene rings is 2. The summed E-state index contributed by atoms with van der Waals surface area (Å²) in [5.74, 6) is -0.964. The summed E-state index contributed by atoms with van der Waals surface area (Å²) >= 11 is 0. The zero-order valence-corrected chi connectivity index (χ0v) is 17.1. The van der Waals surface area contributed by atoms with E-state index in [0.29, 0.717) is 31.1 Å². The molecule has 154 valence electrons. The Morgan fingerprint density at radius 1 is 0.862 bits per heavy atom. The smallest absolute Gasteiger partial charge is 0.130 e. The third-order valence-electron chi connectivity index (χ3n) is 5.48. The quantitative estimate of drug-likeness (QED) is 0.450. The fourth-order valence-electron chi connectivity index (χ4n) is 3.38. The van der Waals surface area contributed by atoms with E-state index in [1.807, 2.05) is 18.3 Å². The highest BCUT2D eigenvalue weighted by Gasteiger charge is 2.20. The molecule has 0 aliphatic heterocycles.